The van der Waals surface area contributed by atoms with Crippen LogP contribution < -0.4 is 4.90 Å². The number of aromatic carboxylic acids is 1. The van der Waals surface area contributed by atoms with E-state index in [0.29, 0.717) is 18.0 Å². The molecule has 0 aliphatic carbocycles. The molecule has 0 radical (unpaired) electrons. The number of hydrogen-bond donors (Lipinski definition) is 1. The molecule has 3 rings (SSSR count). The summed E-state index contributed by atoms with van der Waals surface area (Å²) in [7, 11) is 1.85. The summed E-state index contributed by atoms with van der Waals surface area (Å²) in [5.74, 6) is -0.722. The van der Waals surface area contributed by atoms with E-state index in [0.717, 1.165) is 11.1 Å². The number of carbonyl (C=O) groups is 1. The molecule has 0 bridgehead atoms. The summed E-state index contributed by atoms with van der Waals surface area (Å²) >= 11 is 0. The average Bonchev–Trinajstić information content (AvgIpc) is 2.91. The number of nitrogens with zero attached hydrogens (tertiary/aromatic N) is 4. The van der Waals surface area contributed by atoms with Gasteiger partial charge in [-0.15, -0.1) is 5.10 Å². The zero-order valence-electron chi connectivity index (χ0n) is 12.7. The molecule has 0 spiro atoms. The molecule has 0 saturated heterocycles. The van der Waals surface area contributed by atoms with E-state index in [1.807, 2.05) is 18.9 Å². The van der Waals surface area contributed by atoms with Crippen LogP contribution in [0.3, 0.4) is 0 Å². The fourth-order valence-corrected chi connectivity index (χ4v) is 2.46. The number of halogens is 1. The molecule has 118 valence electrons. The van der Waals surface area contributed by atoms with E-state index >= 15 is 0 Å². The smallest absolute Gasteiger partial charge is 0.356 e. The van der Waals surface area contributed by atoms with Crippen LogP contribution in [0.25, 0.3) is 5.65 Å². The van der Waals surface area contributed by atoms with Crippen molar-refractivity contribution < 1.29 is 14.3 Å². The second-order valence-electron chi connectivity index (χ2n) is 5.35. The van der Waals surface area contributed by atoms with Crippen LogP contribution in [0.5, 0.6) is 0 Å². The monoisotopic (exact) mass is 314 g/mol. The maximum absolute atomic E-state index is 13.0. The average molecular weight is 314 g/mol. The van der Waals surface area contributed by atoms with Gasteiger partial charge in [-0.05, 0) is 36.2 Å². The van der Waals surface area contributed by atoms with Crippen LogP contribution in [-0.4, -0.2) is 32.7 Å². The summed E-state index contributed by atoms with van der Waals surface area (Å²) in [5.41, 5.74) is 2.30. The van der Waals surface area contributed by atoms with Crippen LogP contribution >= 0.6 is 0 Å². The summed E-state index contributed by atoms with van der Waals surface area (Å²) in [6, 6.07) is 8.02. The van der Waals surface area contributed by atoms with Gasteiger partial charge in [0, 0.05) is 13.6 Å². The molecule has 0 unspecified atom stereocenters. The number of hydrogen-bond acceptors (Lipinski definition) is 4. The lowest BCUT2D eigenvalue weighted by atomic mass is 10.2. The van der Waals surface area contributed by atoms with Gasteiger partial charge in [-0.2, -0.15) is 0 Å². The molecule has 0 saturated carbocycles. The summed E-state index contributed by atoms with van der Waals surface area (Å²) in [4.78, 5) is 17.2. The number of carboxylic acids is 1. The van der Waals surface area contributed by atoms with Gasteiger partial charge in [0.2, 0.25) is 0 Å². The molecule has 1 aromatic carbocycles. The predicted octanol–water partition coefficient (Wildman–Crippen LogP) is 2.51. The number of anilines is 1. The van der Waals surface area contributed by atoms with E-state index in [-0.39, 0.29) is 11.5 Å². The normalized spacial score (nSPS) is 10.9. The minimum Gasteiger partial charge on any atom is -0.476 e. The minimum atomic E-state index is -1.08. The summed E-state index contributed by atoms with van der Waals surface area (Å²) < 4.78 is 14.3. The van der Waals surface area contributed by atoms with E-state index < -0.39 is 5.97 Å². The molecule has 6 nitrogen and oxygen atoms in total. The van der Waals surface area contributed by atoms with Crippen LogP contribution in [-0.2, 0) is 6.54 Å². The van der Waals surface area contributed by atoms with Crippen molar-refractivity contribution in [1.29, 1.82) is 0 Å². The van der Waals surface area contributed by atoms with Crippen molar-refractivity contribution in [3.8, 4) is 0 Å². The second-order valence-corrected chi connectivity index (χ2v) is 5.35. The minimum absolute atomic E-state index is 0.0106. The fourth-order valence-electron chi connectivity index (χ4n) is 2.46. The van der Waals surface area contributed by atoms with Gasteiger partial charge >= 0.3 is 5.97 Å². The Labute approximate surface area is 131 Å². The van der Waals surface area contributed by atoms with Crippen LogP contribution in [0.4, 0.5) is 10.2 Å². The first-order valence-corrected chi connectivity index (χ1v) is 7.00. The van der Waals surface area contributed by atoms with Crippen molar-refractivity contribution in [2.45, 2.75) is 13.5 Å². The molecule has 2 heterocycles. The first kappa shape index (κ1) is 15.0. The second kappa shape index (κ2) is 5.68. The number of benzene rings is 1. The Morgan fingerprint density at radius 3 is 2.70 bits per heavy atom. The zero-order chi connectivity index (χ0) is 16.6. The maximum Gasteiger partial charge on any atom is 0.356 e. The van der Waals surface area contributed by atoms with Gasteiger partial charge in [-0.25, -0.2) is 18.7 Å². The first-order valence-electron chi connectivity index (χ1n) is 7.00. The summed E-state index contributed by atoms with van der Waals surface area (Å²) in [5, 5.41) is 13.6. The van der Waals surface area contributed by atoms with Crippen LogP contribution in [0.1, 0.15) is 21.6 Å². The predicted molar refractivity (Wildman–Crippen MR) is 83.2 cm³/mol. The highest BCUT2D eigenvalue weighted by molar-refractivity contribution is 5.86. The van der Waals surface area contributed by atoms with Crippen molar-refractivity contribution in [3.05, 3.63) is 59.2 Å². The van der Waals surface area contributed by atoms with E-state index in [1.165, 1.54) is 22.8 Å². The fraction of sp³-hybridized carbons (Fsp3) is 0.188. The highest BCUT2D eigenvalue weighted by atomic mass is 19.1. The molecule has 7 heteroatoms. The molecular formula is C16H15FN4O2. The highest BCUT2D eigenvalue weighted by Gasteiger charge is 2.15. The van der Waals surface area contributed by atoms with Crippen molar-refractivity contribution >= 4 is 17.4 Å². The highest BCUT2D eigenvalue weighted by Crippen LogP contribution is 2.20. The lowest BCUT2D eigenvalue weighted by molar-refractivity contribution is 0.0688. The Bertz CT molecular complexity index is 874. The third kappa shape index (κ3) is 2.85. The first-order chi connectivity index (χ1) is 11.0. The Kier molecular flexibility index (Phi) is 3.69. The molecule has 0 fully saturated rings. The van der Waals surface area contributed by atoms with Crippen LogP contribution in [0, 0.1) is 12.7 Å². The maximum atomic E-state index is 13.0. The lowest BCUT2D eigenvalue weighted by Crippen LogP contribution is -2.20. The summed E-state index contributed by atoms with van der Waals surface area (Å²) in [6.07, 6.45) is 1.29. The third-order valence-electron chi connectivity index (χ3n) is 3.57. The number of aromatic nitrogens is 3. The van der Waals surface area contributed by atoms with E-state index in [1.54, 1.807) is 18.2 Å². The van der Waals surface area contributed by atoms with Gasteiger partial charge in [-0.1, -0.05) is 12.1 Å². The Morgan fingerprint density at radius 1 is 1.35 bits per heavy atom. The Hall–Kier alpha value is -2.96. The van der Waals surface area contributed by atoms with Gasteiger partial charge < -0.3 is 10.0 Å². The summed E-state index contributed by atoms with van der Waals surface area (Å²) in [6.45, 7) is 2.41. The number of rotatable bonds is 4. The van der Waals surface area contributed by atoms with E-state index in [2.05, 4.69) is 10.1 Å². The largest absolute Gasteiger partial charge is 0.476 e. The van der Waals surface area contributed by atoms with Gasteiger partial charge in [0.1, 0.15) is 5.82 Å². The van der Waals surface area contributed by atoms with Crippen molar-refractivity contribution in [1.82, 2.24) is 14.6 Å². The molecule has 3 aromatic rings. The number of fused-ring (bicyclic) bond motifs is 1. The molecule has 23 heavy (non-hydrogen) atoms. The molecule has 0 atom stereocenters. The van der Waals surface area contributed by atoms with Crippen LogP contribution in [0.2, 0.25) is 0 Å². The third-order valence-corrected chi connectivity index (χ3v) is 3.57. The topological polar surface area (TPSA) is 70.7 Å². The van der Waals surface area contributed by atoms with Gasteiger partial charge in [-0.3, -0.25) is 0 Å². The van der Waals surface area contributed by atoms with Gasteiger partial charge in [0.15, 0.2) is 17.2 Å². The van der Waals surface area contributed by atoms with Crippen LogP contribution in [0.15, 0.2) is 36.5 Å². The van der Waals surface area contributed by atoms with Crippen molar-refractivity contribution in [2.24, 2.45) is 0 Å². The lowest BCUT2D eigenvalue weighted by Gasteiger charge is -2.20. The number of carboxylic acid groups (broad SMARTS) is 1. The zero-order valence-corrected chi connectivity index (χ0v) is 12.7. The van der Waals surface area contributed by atoms with E-state index in [4.69, 9.17) is 0 Å². The number of imidazole rings is 1. The number of aryl methyl sites for hydroxylation is 1. The standard InChI is InChI=1S/C16H15FN4O2/c1-10-7-14-18-8-13(16(22)23)21(14)19-15(10)20(2)9-11-3-5-12(17)6-4-11/h3-8H,9H2,1-2H3,(H,22,23). The van der Waals surface area contributed by atoms with Gasteiger partial charge in [0.25, 0.3) is 0 Å². The molecule has 0 aliphatic heterocycles. The quantitative estimate of drug-likeness (QED) is 0.801. The molecule has 1 N–H and O–H groups in total. The molecule has 0 aliphatic rings. The Balaban J connectivity index is 1.97. The SMILES string of the molecule is Cc1cc2ncc(C(=O)O)n2nc1N(C)Cc1ccc(F)cc1. The molecule has 0 amide bonds. The van der Waals surface area contributed by atoms with Crippen molar-refractivity contribution in [3.63, 3.8) is 0 Å². The van der Waals surface area contributed by atoms with Gasteiger partial charge in [0.05, 0.1) is 6.20 Å². The molecular weight excluding hydrogens is 299 g/mol. The molecule has 2 aromatic heterocycles. The Morgan fingerprint density at radius 2 is 2.04 bits per heavy atom. The van der Waals surface area contributed by atoms with E-state index in [9.17, 15) is 14.3 Å². The van der Waals surface area contributed by atoms with Crippen molar-refractivity contribution in [2.75, 3.05) is 11.9 Å².